The number of hydrogen-bond donors (Lipinski definition) is 1. The normalized spacial score (nSPS) is 13.0. The van der Waals surface area contributed by atoms with Gasteiger partial charge in [-0.05, 0) is 48.7 Å². The third kappa shape index (κ3) is 3.78. The lowest BCUT2D eigenvalue weighted by Crippen LogP contribution is -2.36. The molecule has 5 heteroatoms. The standard InChI is InChI=1S/C23H21N3O2/c1-16-6-8-20(9-7-16)25-22(27)18-10-12-24-21(14-18)23(28)26-13-11-17-4-2-3-5-19(17)15-26/h2-10,12,14H,11,13,15H2,1H3,(H,25,27). The molecule has 0 atom stereocenters. The molecule has 1 aliphatic rings. The molecule has 0 unspecified atom stereocenters. The van der Waals surface area contributed by atoms with Crippen molar-refractivity contribution in [2.45, 2.75) is 19.9 Å². The van der Waals surface area contributed by atoms with Crippen LogP contribution in [0.1, 0.15) is 37.5 Å². The highest BCUT2D eigenvalue weighted by Crippen LogP contribution is 2.20. The largest absolute Gasteiger partial charge is 0.333 e. The second-order valence-corrected chi connectivity index (χ2v) is 7.00. The lowest BCUT2D eigenvalue weighted by molar-refractivity contribution is 0.0728. The molecule has 3 aromatic rings. The molecule has 2 heterocycles. The van der Waals surface area contributed by atoms with Gasteiger partial charge in [-0.1, -0.05) is 42.0 Å². The van der Waals surface area contributed by atoms with Crippen molar-refractivity contribution in [3.8, 4) is 0 Å². The first-order valence-corrected chi connectivity index (χ1v) is 9.30. The van der Waals surface area contributed by atoms with E-state index in [1.807, 2.05) is 49.4 Å². The van der Waals surface area contributed by atoms with Gasteiger partial charge in [0, 0.05) is 30.5 Å². The Labute approximate surface area is 164 Å². The molecule has 2 amide bonds. The highest BCUT2D eigenvalue weighted by atomic mass is 16.2. The Kier molecular flexibility index (Phi) is 4.89. The molecule has 1 N–H and O–H groups in total. The number of carbonyl (C=O) groups excluding carboxylic acids is 2. The van der Waals surface area contributed by atoms with Gasteiger partial charge in [0.25, 0.3) is 11.8 Å². The number of carbonyl (C=O) groups is 2. The summed E-state index contributed by atoms with van der Waals surface area (Å²) in [5.41, 5.74) is 4.99. The van der Waals surface area contributed by atoms with Crippen molar-refractivity contribution < 1.29 is 9.59 Å². The van der Waals surface area contributed by atoms with Crippen LogP contribution in [-0.2, 0) is 13.0 Å². The van der Waals surface area contributed by atoms with Crippen LogP contribution in [0.4, 0.5) is 5.69 Å². The number of pyridine rings is 1. The van der Waals surface area contributed by atoms with E-state index in [9.17, 15) is 9.59 Å². The van der Waals surface area contributed by atoms with Crippen molar-refractivity contribution in [1.82, 2.24) is 9.88 Å². The van der Waals surface area contributed by atoms with Crippen LogP contribution in [-0.4, -0.2) is 28.2 Å². The lowest BCUT2D eigenvalue weighted by Gasteiger charge is -2.28. The van der Waals surface area contributed by atoms with E-state index in [1.165, 1.54) is 11.8 Å². The summed E-state index contributed by atoms with van der Waals surface area (Å²) in [4.78, 5) is 31.4. The van der Waals surface area contributed by atoms with Gasteiger partial charge in [-0.15, -0.1) is 0 Å². The van der Waals surface area contributed by atoms with Gasteiger partial charge in [0.1, 0.15) is 5.69 Å². The summed E-state index contributed by atoms with van der Waals surface area (Å²) < 4.78 is 0. The zero-order chi connectivity index (χ0) is 19.5. The molecular weight excluding hydrogens is 350 g/mol. The Balaban J connectivity index is 1.49. The fraction of sp³-hybridized carbons (Fsp3) is 0.174. The van der Waals surface area contributed by atoms with E-state index in [0.717, 1.165) is 17.5 Å². The van der Waals surface area contributed by atoms with Crippen LogP contribution in [0.3, 0.4) is 0 Å². The van der Waals surface area contributed by atoms with E-state index in [2.05, 4.69) is 16.4 Å². The van der Waals surface area contributed by atoms with Crippen LogP contribution in [0.5, 0.6) is 0 Å². The number of rotatable bonds is 3. The molecule has 140 valence electrons. The molecule has 28 heavy (non-hydrogen) atoms. The summed E-state index contributed by atoms with van der Waals surface area (Å²) in [6, 6.07) is 18.9. The number of nitrogens with zero attached hydrogens (tertiary/aromatic N) is 2. The number of fused-ring (bicyclic) bond motifs is 1. The number of hydrogen-bond acceptors (Lipinski definition) is 3. The van der Waals surface area contributed by atoms with E-state index in [4.69, 9.17) is 0 Å². The van der Waals surface area contributed by atoms with E-state index in [0.29, 0.717) is 24.3 Å². The van der Waals surface area contributed by atoms with Crippen molar-refractivity contribution in [2.24, 2.45) is 0 Å². The maximum Gasteiger partial charge on any atom is 0.272 e. The second kappa shape index (κ2) is 7.64. The van der Waals surface area contributed by atoms with Gasteiger partial charge < -0.3 is 10.2 Å². The third-order valence-electron chi connectivity index (χ3n) is 4.97. The molecule has 0 aliphatic carbocycles. The van der Waals surface area contributed by atoms with Gasteiger partial charge in [0.15, 0.2) is 0 Å². The smallest absolute Gasteiger partial charge is 0.272 e. The molecule has 0 radical (unpaired) electrons. The fourth-order valence-electron chi connectivity index (χ4n) is 3.36. The van der Waals surface area contributed by atoms with Crippen LogP contribution >= 0.6 is 0 Å². The summed E-state index contributed by atoms with van der Waals surface area (Å²) in [5.74, 6) is -0.413. The first kappa shape index (κ1) is 17.9. The van der Waals surface area contributed by atoms with Crippen LogP contribution in [0.2, 0.25) is 0 Å². The Morgan fingerprint density at radius 3 is 2.54 bits per heavy atom. The number of anilines is 1. The van der Waals surface area contributed by atoms with Crippen molar-refractivity contribution in [3.05, 3.63) is 94.8 Å². The van der Waals surface area contributed by atoms with Gasteiger partial charge in [0.2, 0.25) is 0 Å². The molecule has 0 saturated heterocycles. The minimum absolute atomic E-state index is 0.153. The molecule has 4 rings (SSSR count). The van der Waals surface area contributed by atoms with Crippen LogP contribution in [0.15, 0.2) is 66.9 Å². The molecule has 0 saturated carbocycles. The number of benzene rings is 2. The van der Waals surface area contributed by atoms with Crippen LogP contribution in [0, 0.1) is 6.92 Å². The fourth-order valence-corrected chi connectivity index (χ4v) is 3.36. The average molecular weight is 371 g/mol. The topological polar surface area (TPSA) is 62.3 Å². The summed E-state index contributed by atoms with van der Waals surface area (Å²) >= 11 is 0. The van der Waals surface area contributed by atoms with Gasteiger partial charge in [0.05, 0.1) is 0 Å². The van der Waals surface area contributed by atoms with Crippen LogP contribution in [0.25, 0.3) is 0 Å². The zero-order valence-corrected chi connectivity index (χ0v) is 15.7. The maximum absolute atomic E-state index is 12.9. The number of aryl methyl sites for hydroxylation is 1. The van der Waals surface area contributed by atoms with Crippen molar-refractivity contribution in [1.29, 1.82) is 0 Å². The highest BCUT2D eigenvalue weighted by Gasteiger charge is 2.23. The second-order valence-electron chi connectivity index (χ2n) is 7.00. The van der Waals surface area contributed by atoms with E-state index in [-0.39, 0.29) is 17.5 Å². The summed E-state index contributed by atoms with van der Waals surface area (Å²) in [7, 11) is 0. The molecule has 1 aliphatic heterocycles. The molecule has 0 bridgehead atoms. The molecule has 0 fully saturated rings. The molecule has 2 aromatic carbocycles. The van der Waals surface area contributed by atoms with Crippen molar-refractivity contribution in [2.75, 3.05) is 11.9 Å². The summed E-state index contributed by atoms with van der Waals surface area (Å²) in [6.45, 7) is 3.21. The number of aromatic nitrogens is 1. The van der Waals surface area contributed by atoms with Gasteiger partial charge >= 0.3 is 0 Å². The minimum atomic E-state index is -0.260. The van der Waals surface area contributed by atoms with Gasteiger partial charge in [-0.2, -0.15) is 0 Å². The Hall–Kier alpha value is -3.47. The van der Waals surface area contributed by atoms with Gasteiger partial charge in [-0.3, -0.25) is 14.6 Å². The lowest BCUT2D eigenvalue weighted by atomic mass is 9.99. The predicted molar refractivity (Wildman–Crippen MR) is 108 cm³/mol. The first-order valence-electron chi connectivity index (χ1n) is 9.30. The minimum Gasteiger partial charge on any atom is -0.333 e. The van der Waals surface area contributed by atoms with Crippen molar-refractivity contribution in [3.63, 3.8) is 0 Å². The Morgan fingerprint density at radius 2 is 1.75 bits per heavy atom. The highest BCUT2D eigenvalue weighted by molar-refractivity contribution is 6.05. The SMILES string of the molecule is Cc1ccc(NC(=O)c2ccnc(C(=O)N3CCc4ccccc4C3)c2)cc1. The van der Waals surface area contributed by atoms with Crippen molar-refractivity contribution >= 4 is 17.5 Å². The number of nitrogens with one attached hydrogen (secondary N) is 1. The quantitative estimate of drug-likeness (QED) is 0.761. The Bertz CT molecular complexity index is 1030. The average Bonchev–Trinajstić information content (AvgIpc) is 2.74. The zero-order valence-electron chi connectivity index (χ0n) is 15.7. The van der Waals surface area contributed by atoms with E-state index >= 15 is 0 Å². The summed E-state index contributed by atoms with van der Waals surface area (Å²) in [6.07, 6.45) is 2.34. The van der Waals surface area contributed by atoms with E-state index in [1.54, 1.807) is 17.0 Å². The van der Waals surface area contributed by atoms with Gasteiger partial charge in [-0.25, -0.2) is 0 Å². The molecule has 5 nitrogen and oxygen atoms in total. The summed E-state index contributed by atoms with van der Waals surface area (Å²) in [5, 5.41) is 2.85. The molecular formula is C23H21N3O2. The Morgan fingerprint density at radius 1 is 1.00 bits per heavy atom. The molecule has 0 spiro atoms. The maximum atomic E-state index is 12.9. The monoisotopic (exact) mass is 371 g/mol. The molecule has 1 aromatic heterocycles. The van der Waals surface area contributed by atoms with Crippen LogP contribution < -0.4 is 5.32 Å². The number of amides is 2. The van der Waals surface area contributed by atoms with E-state index < -0.39 is 0 Å². The third-order valence-corrected chi connectivity index (χ3v) is 4.97. The predicted octanol–water partition coefficient (Wildman–Crippen LogP) is 3.84. The first-order chi connectivity index (χ1) is 13.6.